The topological polar surface area (TPSA) is 72.6 Å². The fraction of sp³-hybridized carbons (Fsp3) is 0.538. The second kappa shape index (κ2) is 6.30. The number of piperidine rings is 1. The van der Waals surface area contributed by atoms with E-state index in [2.05, 4.69) is 0 Å². The Morgan fingerprint density at radius 1 is 1.38 bits per heavy atom. The molecular formula is C13H18Cl2N2O3S. The van der Waals surface area contributed by atoms with Gasteiger partial charge in [0.2, 0.25) is 10.0 Å². The van der Waals surface area contributed by atoms with Crippen molar-refractivity contribution in [3.63, 3.8) is 0 Å². The molecule has 21 heavy (non-hydrogen) atoms. The fourth-order valence-corrected chi connectivity index (χ4v) is 4.62. The summed E-state index contributed by atoms with van der Waals surface area (Å²) < 4.78 is 32.2. The number of rotatable bonds is 3. The molecule has 0 aromatic heterocycles. The summed E-state index contributed by atoms with van der Waals surface area (Å²) in [4.78, 5) is -0.0181. The standard InChI is InChI=1S/C13H18Cl2N2O3S/c1-8-5-6-17(7-10(8)20-2)21(18,19)11-4-3-9(14)13(16)12(11)15/h3-4,8,10H,5-7,16H2,1-2H3. The Morgan fingerprint density at radius 2 is 2.05 bits per heavy atom. The molecule has 2 N–H and O–H groups in total. The maximum absolute atomic E-state index is 12.7. The molecule has 1 aliphatic heterocycles. The average Bonchev–Trinajstić information content (AvgIpc) is 2.44. The van der Waals surface area contributed by atoms with Crippen LogP contribution >= 0.6 is 23.2 Å². The Labute approximate surface area is 135 Å². The summed E-state index contributed by atoms with van der Waals surface area (Å²) in [6.07, 6.45) is 0.607. The van der Waals surface area contributed by atoms with Gasteiger partial charge in [0.15, 0.2) is 0 Å². The van der Waals surface area contributed by atoms with Crippen LogP contribution in [0.2, 0.25) is 10.0 Å². The number of methoxy groups -OCH3 is 1. The lowest BCUT2D eigenvalue weighted by molar-refractivity contribution is 0.0184. The summed E-state index contributed by atoms with van der Waals surface area (Å²) in [5, 5.41) is 0.205. The minimum atomic E-state index is -3.72. The van der Waals surface area contributed by atoms with Gasteiger partial charge in [0, 0.05) is 20.2 Å². The number of nitrogen functional groups attached to an aromatic ring is 1. The molecule has 0 amide bonds. The van der Waals surface area contributed by atoms with Gasteiger partial charge in [-0.2, -0.15) is 4.31 Å². The molecular weight excluding hydrogens is 335 g/mol. The third-order valence-electron chi connectivity index (χ3n) is 3.86. The molecule has 118 valence electrons. The summed E-state index contributed by atoms with van der Waals surface area (Å²) in [5.41, 5.74) is 5.79. The van der Waals surface area contributed by atoms with Crippen molar-refractivity contribution >= 4 is 38.9 Å². The van der Waals surface area contributed by atoms with Crippen LogP contribution in [0.15, 0.2) is 17.0 Å². The van der Waals surface area contributed by atoms with Crippen molar-refractivity contribution in [1.29, 1.82) is 0 Å². The lowest BCUT2D eigenvalue weighted by Gasteiger charge is -2.35. The summed E-state index contributed by atoms with van der Waals surface area (Å²) >= 11 is 11.9. The zero-order valence-electron chi connectivity index (χ0n) is 11.8. The number of nitrogens with two attached hydrogens (primary N) is 1. The summed E-state index contributed by atoms with van der Waals surface area (Å²) in [6.45, 7) is 2.78. The fourth-order valence-electron chi connectivity index (χ4n) is 2.42. The second-order valence-corrected chi connectivity index (χ2v) is 7.87. The lowest BCUT2D eigenvalue weighted by atomic mass is 9.97. The van der Waals surface area contributed by atoms with E-state index in [-0.39, 0.29) is 26.7 Å². The van der Waals surface area contributed by atoms with Crippen LogP contribution in [-0.2, 0) is 14.8 Å². The first-order valence-electron chi connectivity index (χ1n) is 6.55. The van der Waals surface area contributed by atoms with Crippen molar-refractivity contribution in [3.05, 3.63) is 22.2 Å². The molecule has 2 rings (SSSR count). The van der Waals surface area contributed by atoms with Crippen molar-refractivity contribution in [3.8, 4) is 0 Å². The molecule has 0 radical (unpaired) electrons. The highest BCUT2D eigenvalue weighted by Crippen LogP contribution is 2.35. The number of sulfonamides is 1. The van der Waals surface area contributed by atoms with Gasteiger partial charge in [0.25, 0.3) is 0 Å². The number of anilines is 1. The maximum Gasteiger partial charge on any atom is 0.244 e. The third-order valence-corrected chi connectivity index (χ3v) is 6.62. The predicted molar refractivity (Wildman–Crippen MR) is 84.2 cm³/mol. The van der Waals surface area contributed by atoms with Crippen LogP contribution in [0.4, 0.5) is 5.69 Å². The van der Waals surface area contributed by atoms with Crippen LogP contribution in [0.5, 0.6) is 0 Å². The van der Waals surface area contributed by atoms with Gasteiger partial charge in [-0.15, -0.1) is 0 Å². The zero-order valence-corrected chi connectivity index (χ0v) is 14.2. The van der Waals surface area contributed by atoms with Crippen LogP contribution in [0.3, 0.4) is 0 Å². The molecule has 1 aromatic carbocycles. The molecule has 0 spiro atoms. The lowest BCUT2D eigenvalue weighted by Crippen LogP contribution is -2.46. The SMILES string of the molecule is COC1CN(S(=O)(=O)c2ccc(Cl)c(N)c2Cl)CCC1C. The monoisotopic (exact) mass is 352 g/mol. The van der Waals surface area contributed by atoms with Crippen molar-refractivity contribution in [1.82, 2.24) is 4.31 Å². The highest BCUT2D eigenvalue weighted by atomic mass is 35.5. The van der Waals surface area contributed by atoms with E-state index in [4.69, 9.17) is 33.7 Å². The van der Waals surface area contributed by atoms with E-state index in [1.54, 1.807) is 7.11 Å². The first kappa shape index (κ1) is 16.8. The Hall–Kier alpha value is -0.530. The van der Waals surface area contributed by atoms with Gasteiger partial charge in [-0.25, -0.2) is 8.42 Å². The number of ether oxygens (including phenoxy) is 1. The van der Waals surface area contributed by atoms with E-state index >= 15 is 0 Å². The molecule has 2 unspecified atom stereocenters. The quantitative estimate of drug-likeness (QED) is 0.848. The highest BCUT2D eigenvalue weighted by Gasteiger charge is 2.35. The van der Waals surface area contributed by atoms with E-state index in [0.717, 1.165) is 6.42 Å². The van der Waals surface area contributed by atoms with E-state index in [9.17, 15) is 8.42 Å². The van der Waals surface area contributed by atoms with Gasteiger partial charge >= 0.3 is 0 Å². The average molecular weight is 353 g/mol. The Kier molecular flexibility index (Phi) is 5.05. The molecule has 5 nitrogen and oxygen atoms in total. The van der Waals surface area contributed by atoms with Crippen molar-refractivity contribution < 1.29 is 13.2 Å². The molecule has 8 heteroatoms. The van der Waals surface area contributed by atoms with Gasteiger partial charge in [-0.3, -0.25) is 0 Å². The normalized spacial score (nSPS) is 24.2. The van der Waals surface area contributed by atoms with Crippen LogP contribution in [0.25, 0.3) is 0 Å². The highest BCUT2D eigenvalue weighted by molar-refractivity contribution is 7.89. The van der Waals surface area contributed by atoms with Gasteiger partial charge in [0.05, 0.1) is 21.8 Å². The van der Waals surface area contributed by atoms with Crippen molar-refractivity contribution in [2.24, 2.45) is 5.92 Å². The molecule has 1 fully saturated rings. The number of benzene rings is 1. The molecule has 0 bridgehead atoms. The summed E-state index contributed by atoms with van der Waals surface area (Å²) in [6, 6.07) is 2.83. The molecule has 1 aromatic rings. The van der Waals surface area contributed by atoms with E-state index in [1.807, 2.05) is 6.92 Å². The van der Waals surface area contributed by atoms with Crippen LogP contribution in [0, 0.1) is 5.92 Å². The minimum Gasteiger partial charge on any atom is -0.396 e. The number of halogens is 2. The first-order chi connectivity index (χ1) is 9.78. The number of hydrogen-bond donors (Lipinski definition) is 1. The van der Waals surface area contributed by atoms with Gasteiger partial charge in [-0.05, 0) is 24.5 Å². The van der Waals surface area contributed by atoms with Crippen molar-refractivity contribution in [2.75, 3.05) is 25.9 Å². The molecule has 2 atom stereocenters. The maximum atomic E-state index is 12.7. The van der Waals surface area contributed by atoms with E-state index in [0.29, 0.717) is 19.0 Å². The largest absolute Gasteiger partial charge is 0.396 e. The Morgan fingerprint density at radius 3 is 2.67 bits per heavy atom. The Bertz CT molecular complexity index is 637. The van der Waals surface area contributed by atoms with Crippen molar-refractivity contribution in [2.45, 2.75) is 24.3 Å². The van der Waals surface area contributed by atoms with Crippen LogP contribution in [-0.4, -0.2) is 39.0 Å². The van der Waals surface area contributed by atoms with E-state index in [1.165, 1.54) is 16.4 Å². The first-order valence-corrected chi connectivity index (χ1v) is 8.75. The van der Waals surface area contributed by atoms with Gasteiger partial charge in [0.1, 0.15) is 4.90 Å². The minimum absolute atomic E-state index is 0.0181. The molecule has 1 aliphatic rings. The van der Waals surface area contributed by atoms with E-state index < -0.39 is 10.0 Å². The smallest absolute Gasteiger partial charge is 0.244 e. The Balaban J connectivity index is 2.37. The number of hydrogen-bond acceptors (Lipinski definition) is 4. The number of nitrogens with zero attached hydrogens (tertiary/aromatic N) is 1. The molecule has 0 aliphatic carbocycles. The van der Waals surface area contributed by atoms with Gasteiger partial charge < -0.3 is 10.5 Å². The third kappa shape index (κ3) is 3.14. The van der Waals surface area contributed by atoms with Crippen LogP contribution in [0.1, 0.15) is 13.3 Å². The zero-order chi connectivity index (χ0) is 15.8. The molecule has 0 saturated carbocycles. The predicted octanol–water partition coefficient (Wildman–Crippen LogP) is 2.62. The summed E-state index contributed by atoms with van der Waals surface area (Å²) in [7, 11) is -2.13. The van der Waals surface area contributed by atoms with Crippen LogP contribution < -0.4 is 5.73 Å². The molecule has 1 heterocycles. The molecule has 1 saturated heterocycles. The summed E-state index contributed by atoms with van der Waals surface area (Å²) in [5.74, 6) is 0.312. The van der Waals surface area contributed by atoms with Gasteiger partial charge in [-0.1, -0.05) is 30.1 Å². The second-order valence-electron chi connectivity index (χ2n) is 5.18.